The number of carbonyl (C=O) groups excluding carboxylic acids is 1. The van der Waals surface area contributed by atoms with E-state index in [1.165, 1.54) is 0 Å². The Balaban J connectivity index is 1.44. The van der Waals surface area contributed by atoms with Crippen molar-refractivity contribution >= 4 is 5.91 Å². The zero-order chi connectivity index (χ0) is 23.5. The lowest BCUT2D eigenvalue weighted by molar-refractivity contribution is 0.0566. The van der Waals surface area contributed by atoms with Crippen LogP contribution in [0.25, 0.3) is 22.5 Å². The predicted octanol–water partition coefficient (Wildman–Crippen LogP) is 4.17. The van der Waals surface area contributed by atoms with Crippen LogP contribution in [0.3, 0.4) is 0 Å². The third-order valence-electron chi connectivity index (χ3n) is 6.78. The highest BCUT2D eigenvalue weighted by Gasteiger charge is 2.28. The second kappa shape index (κ2) is 9.87. The fourth-order valence-corrected chi connectivity index (χ4v) is 4.85. The van der Waals surface area contributed by atoms with Crippen molar-refractivity contribution in [2.45, 2.75) is 18.9 Å². The third kappa shape index (κ3) is 4.38. The summed E-state index contributed by atoms with van der Waals surface area (Å²) in [6.45, 7) is 4.50. The van der Waals surface area contributed by atoms with Crippen LogP contribution in [0.2, 0.25) is 0 Å². The minimum Gasteiger partial charge on any atom is -0.450 e. The van der Waals surface area contributed by atoms with Gasteiger partial charge in [-0.15, -0.1) is 0 Å². The number of rotatable bonds is 7. The number of carbonyl (C=O) groups is 1. The standard InChI is InChI=1S/C26H28N4O4/c1-33-15-14-29-10-12-30(13-11-29)26(31)24-17-22(25(34-24)18-6-8-27-9-7-18)20-2-4-21-19(16-20)3-5-23(21)28-32/h2,4,6-9,16-17,23H,3,5,10-15H2,1H3. The Bertz CT molecular complexity index is 1170. The lowest BCUT2D eigenvalue weighted by Crippen LogP contribution is -2.49. The van der Waals surface area contributed by atoms with E-state index in [-0.39, 0.29) is 11.9 Å². The molecule has 176 valence electrons. The van der Waals surface area contributed by atoms with Gasteiger partial charge in [-0.05, 0) is 47.7 Å². The van der Waals surface area contributed by atoms with Crippen molar-refractivity contribution in [1.29, 1.82) is 0 Å². The SMILES string of the molecule is COCCN1CCN(C(=O)c2cc(-c3ccc4c(c3)CCC4N=O)c(-c3ccncc3)o2)CC1. The topological polar surface area (TPSA) is 88.2 Å². The molecule has 0 N–H and O–H groups in total. The van der Waals surface area contributed by atoms with Gasteiger partial charge >= 0.3 is 0 Å². The molecule has 1 aliphatic heterocycles. The van der Waals surface area contributed by atoms with Gasteiger partial charge in [-0.3, -0.25) is 14.7 Å². The smallest absolute Gasteiger partial charge is 0.289 e. The van der Waals surface area contributed by atoms with E-state index >= 15 is 0 Å². The number of ether oxygens (including phenoxy) is 1. The number of pyridine rings is 1. The van der Waals surface area contributed by atoms with Crippen molar-refractivity contribution in [3.63, 3.8) is 0 Å². The molecule has 1 aliphatic carbocycles. The van der Waals surface area contributed by atoms with Crippen molar-refractivity contribution in [2.24, 2.45) is 5.18 Å². The van der Waals surface area contributed by atoms with Gasteiger partial charge in [-0.25, -0.2) is 0 Å². The van der Waals surface area contributed by atoms with Crippen molar-refractivity contribution in [1.82, 2.24) is 14.8 Å². The van der Waals surface area contributed by atoms with Crippen LogP contribution in [0.15, 0.2) is 58.4 Å². The molecule has 1 atom stereocenters. The van der Waals surface area contributed by atoms with E-state index in [1.54, 1.807) is 19.5 Å². The van der Waals surface area contributed by atoms with E-state index in [4.69, 9.17) is 9.15 Å². The number of fused-ring (bicyclic) bond motifs is 1. The Morgan fingerprint density at radius 2 is 1.91 bits per heavy atom. The van der Waals surface area contributed by atoms with Crippen LogP contribution in [-0.4, -0.2) is 67.1 Å². The summed E-state index contributed by atoms with van der Waals surface area (Å²) in [6, 6.07) is 11.4. The van der Waals surface area contributed by atoms with Crippen LogP contribution >= 0.6 is 0 Å². The van der Waals surface area contributed by atoms with E-state index in [0.29, 0.717) is 31.2 Å². The molecule has 1 unspecified atom stereocenters. The number of nitroso groups, excluding NO2 is 1. The molecule has 2 aliphatic rings. The molecule has 8 nitrogen and oxygen atoms in total. The Kier molecular flexibility index (Phi) is 6.51. The first-order valence-corrected chi connectivity index (χ1v) is 11.7. The summed E-state index contributed by atoms with van der Waals surface area (Å²) in [5.41, 5.74) is 4.81. The van der Waals surface area contributed by atoms with Crippen LogP contribution in [0.5, 0.6) is 0 Å². The number of furan rings is 1. The molecule has 8 heteroatoms. The van der Waals surface area contributed by atoms with E-state index < -0.39 is 0 Å². The number of hydrogen-bond acceptors (Lipinski definition) is 7. The molecule has 3 aromatic rings. The maximum atomic E-state index is 13.3. The van der Waals surface area contributed by atoms with Crippen LogP contribution in [0.1, 0.15) is 34.1 Å². The molecule has 0 spiro atoms. The largest absolute Gasteiger partial charge is 0.450 e. The summed E-state index contributed by atoms with van der Waals surface area (Å²) in [4.78, 5) is 32.8. The molecule has 1 aromatic carbocycles. The molecule has 5 rings (SSSR count). The van der Waals surface area contributed by atoms with Gasteiger partial charge in [0.2, 0.25) is 0 Å². The Hall–Kier alpha value is -3.36. The summed E-state index contributed by atoms with van der Waals surface area (Å²) < 4.78 is 11.4. The number of piperazine rings is 1. The quantitative estimate of drug-likeness (QED) is 0.492. The van der Waals surface area contributed by atoms with E-state index in [2.05, 4.69) is 21.1 Å². The molecule has 0 saturated carbocycles. The number of aromatic nitrogens is 1. The minimum absolute atomic E-state index is 0.0978. The highest BCUT2D eigenvalue weighted by molar-refractivity contribution is 5.95. The summed E-state index contributed by atoms with van der Waals surface area (Å²) in [7, 11) is 1.70. The lowest BCUT2D eigenvalue weighted by Gasteiger charge is -2.34. The second-order valence-electron chi connectivity index (χ2n) is 8.79. The summed E-state index contributed by atoms with van der Waals surface area (Å²) in [5, 5.41) is 3.26. The Morgan fingerprint density at radius 3 is 2.65 bits per heavy atom. The zero-order valence-electron chi connectivity index (χ0n) is 19.3. The average molecular weight is 461 g/mol. The first kappa shape index (κ1) is 22.4. The normalized spacial score (nSPS) is 18.1. The van der Waals surface area contributed by atoms with Gasteiger partial charge in [0.15, 0.2) is 5.76 Å². The minimum atomic E-state index is -0.271. The first-order valence-electron chi connectivity index (χ1n) is 11.7. The molecule has 1 fully saturated rings. The molecule has 0 radical (unpaired) electrons. The van der Waals surface area contributed by atoms with Crippen LogP contribution < -0.4 is 0 Å². The van der Waals surface area contributed by atoms with Crippen molar-refractivity contribution in [3.05, 3.63) is 70.6 Å². The van der Waals surface area contributed by atoms with Gasteiger partial charge in [0, 0.05) is 63.4 Å². The van der Waals surface area contributed by atoms with Crippen LogP contribution in [-0.2, 0) is 11.2 Å². The first-order chi connectivity index (χ1) is 16.7. The lowest BCUT2D eigenvalue weighted by atomic mass is 9.98. The molecule has 2 aromatic heterocycles. The molecular formula is C26H28N4O4. The molecule has 1 amide bonds. The van der Waals surface area contributed by atoms with Crippen LogP contribution in [0, 0.1) is 4.91 Å². The Labute approximate surface area is 198 Å². The second-order valence-corrected chi connectivity index (χ2v) is 8.79. The number of aryl methyl sites for hydroxylation is 1. The van der Waals surface area contributed by atoms with Crippen LogP contribution in [0.4, 0.5) is 0 Å². The maximum Gasteiger partial charge on any atom is 0.289 e. The molecular weight excluding hydrogens is 432 g/mol. The predicted molar refractivity (Wildman–Crippen MR) is 128 cm³/mol. The number of benzene rings is 1. The van der Waals surface area contributed by atoms with Crippen molar-refractivity contribution < 1.29 is 13.9 Å². The molecule has 1 saturated heterocycles. The molecule has 3 heterocycles. The number of hydrogen-bond donors (Lipinski definition) is 0. The summed E-state index contributed by atoms with van der Waals surface area (Å²) in [6.07, 6.45) is 4.99. The van der Waals surface area contributed by atoms with E-state index in [1.807, 2.05) is 35.2 Å². The zero-order valence-corrected chi connectivity index (χ0v) is 19.3. The van der Waals surface area contributed by atoms with Gasteiger partial charge < -0.3 is 14.1 Å². The maximum absolute atomic E-state index is 13.3. The number of nitrogens with zero attached hydrogens (tertiary/aromatic N) is 4. The third-order valence-corrected chi connectivity index (χ3v) is 6.78. The van der Waals surface area contributed by atoms with Gasteiger partial charge in [-0.2, -0.15) is 4.91 Å². The number of methoxy groups -OCH3 is 1. The van der Waals surface area contributed by atoms with Crippen molar-refractivity contribution in [3.8, 4) is 22.5 Å². The van der Waals surface area contributed by atoms with Gasteiger partial charge in [-0.1, -0.05) is 23.4 Å². The summed E-state index contributed by atoms with van der Waals surface area (Å²) in [5.74, 6) is 0.881. The van der Waals surface area contributed by atoms with Gasteiger partial charge in [0.05, 0.1) is 6.61 Å². The average Bonchev–Trinajstić information content (AvgIpc) is 3.52. The molecule has 34 heavy (non-hydrogen) atoms. The fourth-order valence-electron chi connectivity index (χ4n) is 4.85. The molecule has 0 bridgehead atoms. The van der Waals surface area contributed by atoms with Gasteiger partial charge in [0.25, 0.3) is 5.91 Å². The van der Waals surface area contributed by atoms with Crippen molar-refractivity contribution in [2.75, 3.05) is 46.4 Å². The highest BCUT2D eigenvalue weighted by Crippen LogP contribution is 2.40. The highest BCUT2D eigenvalue weighted by atomic mass is 16.5. The monoisotopic (exact) mass is 460 g/mol. The van der Waals surface area contributed by atoms with Gasteiger partial charge in [0.1, 0.15) is 11.8 Å². The number of amides is 1. The Morgan fingerprint density at radius 1 is 1.12 bits per heavy atom. The summed E-state index contributed by atoms with van der Waals surface area (Å²) >= 11 is 0. The fraction of sp³-hybridized carbons (Fsp3) is 0.385. The van der Waals surface area contributed by atoms with E-state index in [0.717, 1.165) is 60.3 Å². The van der Waals surface area contributed by atoms with E-state index in [9.17, 15) is 9.70 Å².